The molecule has 0 saturated heterocycles. The molecule has 4 aliphatic rings. The first-order valence-electron chi connectivity index (χ1n) is 14.2. The number of rotatable bonds is 7. The van der Waals surface area contributed by atoms with Crippen LogP contribution in [0.1, 0.15) is 66.8 Å². The smallest absolute Gasteiger partial charge is 0.235 e. The summed E-state index contributed by atoms with van der Waals surface area (Å²) in [5, 5.41) is 22.9. The van der Waals surface area contributed by atoms with Gasteiger partial charge in [0.25, 0.3) is 0 Å². The van der Waals surface area contributed by atoms with Crippen molar-refractivity contribution in [2.45, 2.75) is 62.5 Å². The minimum atomic E-state index is -2.77. The zero-order valence-electron chi connectivity index (χ0n) is 23.0. The van der Waals surface area contributed by atoms with E-state index >= 15 is 0 Å². The maximum atomic E-state index is 14.4. The van der Waals surface area contributed by atoms with Crippen molar-refractivity contribution in [3.05, 3.63) is 42.0 Å². The predicted molar refractivity (Wildman–Crippen MR) is 145 cm³/mol. The lowest BCUT2D eigenvalue weighted by atomic mass is 9.45. The number of ketones is 4. The molecule has 1 aromatic carbocycles. The molecule has 3 unspecified atom stereocenters. The van der Waals surface area contributed by atoms with Crippen molar-refractivity contribution in [3.8, 4) is 5.75 Å². The third kappa shape index (κ3) is 4.00. The van der Waals surface area contributed by atoms with E-state index in [9.17, 15) is 34.2 Å². The number of carbonyl (C=O) groups excluding carboxylic acids is 5. The highest BCUT2D eigenvalue weighted by atomic mass is 16.3. The molecule has 8 atom stereocenters. The Balaban J connectivity index is 1.72. The van der Waals surface area contributed by atoms with Crippen LogP contribution in [0.2, 0.25) is 0 Å². The van der Waals surface area contributed by atoms with Crippen molar-refractivity contribution < 1.29 is 34.2 Å². The number of phenols is 1. The summed E-state index contributed by atoms with van der Waals surface area (Å²) in [6.45, 7) is 3.89. The van der Waals surface area contributed by atoms with Crippen molar-refractivity contribution in [3.63, 3.8) is 0 Å². The second-order valence-corrected chi connectivity index (χ2v) is 12.4. The Morgan fingerprint density at radius 2 is 1.80 bits per heavy atom. The van der Waals surface area contributed by atoms with Gasteiger partial charge in [-0.25, -0.2) is 0 Å². The van der Waals surface area contributed by atoms with Gasteiger partial charge in [0.15, 0.2) is 34.7 Å². The number of hydrogen-bond donors (Lipinski definition) is 3. The number of fused-ring (bicyclic) bond motifs is 3. The lowest BCUT2D eigenvalue weighted by Gasteiger charge is -2.58. The summed E-state index contributed by atoms with van der Waals surface area (Å²) in [4.78, 5) is 69.6. The fourth-order valence-corrected chi connectivity index (χ4v) is 8.54. The fraction of sp³-hybridized carbons (Fsp3) is 0.581. The first-order valence-corrected chi connectivity index (χ1v) is 14.2. The van der Waals surface area contributed by atoms with Crippen LogP contribution < -0.4 is 5.73 Å². The highest BCUT2D eigenvalue weighted by Gasteiger charge is 2.72. The molecule has 0 spiro atoms. The molecule has 3 saturated carbocycles. The number of phenolic OH excluding ortho intramolecular Hbond substituents is 1. The minimum absolute atomic E-state index is 0.0443. The van der Waals surface area contributed by atoms with E-state index in [-0.39, 0.29) is 23.7 Å². The van der Waals surface area contributed by atoms with Gasteiger partial charge in [-0.05, 0) is 68.7 Å². The normalized spacial score (nSPS) is 35.9. The molecule has 3 fully saturated rings. The van der Waals surface area contributed by atoms with Gasteiger partial charge in [-0.15, -0.1) is 6.58 Å². The molecule has 0 aromatic heterocycles. The quantitative estimate of drug-likeness (QED) is 0.345. The van der Waals surface area contributed by atoms with Crippen LogP contribution in [0.3, 0.4) is 0 Å². The number of carbonyl (C=O) groups is 5. The van der Waals surface area contributed by atoms with Crippen molar-refractivity contribution in [1.29, 1.82) is 0 Å². The Morgan fingerprint density at radius 3 is 2.40 bits per heavy atom. The van der Waals surface area contributed by atoms with Crippen LogP contribution >= 0.6 is 0 Å². The van der Waals surface area contributed by atoms with E-state index in [2.05, 4.69) is 6.58 Å². The maximum Gasteiger partial charge on any atom is 0.235 e. The van der Waals surface area contributed by atoms with Gasteiger partial charge in [0.05, 0.1) is 17.5 Å². The van der Waals surface area contributed by atoms with Crippen LogP contribution in [0.4, 0.5) is 0 Å². The molecule has 0 aliphatic heterocycles. The number of primary amides is 1. The topological polar surface area (TPSA) is 155 Å². The average molecular weight is 551 g/mol. The van der Waals surface area contributed by atoms with Gasteiger partial charge in [-0.3, -0.25) is 28.9 Å². The molecule has 9 heteroatoms. The molecule has 0 radical (unpaired) electrons. The SMILES string of the molecule is C=CC[C@H]1[C@H]2C(C(=O)c3c(O)cccc3[C@@H]2CCC2CCCC2)C(=O)[C@]2(O)C(=O)C(C(N)=O)C(=O)C(N(C)C)[C@H]12. The van der Waals surface area contributed by atoms with Crippen LogP contribution in [0.15, 0.2) is 30.9 Å². The molecule has 0 bridgehead atoms. The van der Waals surface area contributed by atoms with Crippen molar-refractivity contribution in [2.24, 2.45) is 41.2 Å². The summed E-state index contributed by atoms with van der Waals surface area (Å²) in [5.41, 5.74) is 3.38. The highest BCUT2D eigenvalue weighted by molar-refractivity contribution is 6.32. The molecular formula is C31H38N2O7. The van der Waals surface area contributed by atoms with Crippen LogP contribution in [-0.2, 0) is 19.2 Å². The van der Waals surface area contributed by atoms with Gasteiger partial charge < -0.3 is 15.9 Å². The standard InChI is InChI=1S/C31H38N2O7/c1-4-8-18-20-17(14-13-15-9-5-6-10-15)16-11-7-12-19(34)21(16)26(35)22(20)28(37)31(40)24(18)25(33(2)3)27(36)23(29(31)38)30(32)39/h4,7,11-12,15,17-18,20,22-25,34,40H,1,5-6,8-10,13-14H2,2-3H3,(H2,32,39)/t17-,18-,20-,22?,23?,24-,25?,31-/m0/s1. The number of nitrogens with zero attached hydrogens (tertiary/aromatic N) is 1. The van der Waals surface area contributed by atoms with Gasteiger partial charge in [-0.1, -0.05) is 43.9 Å². The molecule has 4 aliphatic carbocycles. The molecule has 0 heterocycles. The van der Waals surface area contributed by atoms with Crippen molar-refractivity contribution in [2.75, 3.05) is 14.1 Å². The summed E-state index contributed by atoms with van der Waals surface area (Å²) in [5.74, 6) is -10.9. The highest BCUT2D eigenvalue weighted by Crippen LogP contribution is 2.59. The summed E-state index contributed by atoms with van der Waals surface area (Å²) in [7, 11) is 3.19. The van der Waals surface area contributed by atoms with Crippen molar-refractivity contribution in [1.82, 2.24) is 4.90 Å². The van der Waals surface area contributed by atoms with Gasteiger partial charge in [0, 0.05) is 5.92 Å². The summed E-state index contributed by atoms with van der Waals surface area (Å²) in [6, 6.07) is 3.72. The largest absolute Gasteiger partial charge is 0.507 e. The Labute approximate surface area is 233 Å². The zero-order chi connectivity index (χ0) is 29.1. The number of likely N-dealkylation sites (N-methyl/N-ethyl adjacent to an activating group) is 1. The minimum Gasteiger partial charge on any atom is -0.507 e. The summed E-state index contributed by atoms with van der Waals surface area (Å²) in [6.07, 6.45) is 7.94. The third-order valence-corrected chi connectivity index (χ3v) is 10.1. The molecule has 9 nitrogen and oxygen atoms in total. The molecule has 1 aromatic rings. The van der Waals surface area contributed by atoms with Gasteiger partial charge in [0.2, 0.25) is 5.91 Å². The second kappa shape index (κ2) is 10.3. The molecule has 4 N–H and O–H groups in total. The van der Waals surface area contributed by atoms with E-state index < -0.39 is 70.3 Å². The Morgan fingerprint density at radius 1 is 1.12 bits per heavy atom. The second-order valence-electron chi connectivity index (χ2n) is 12.4. The number of Topliss-reactive ketones (excluding diaryl/α,β-unsaturated/α-hetero) is 4. The number of benzene rings is 1. The molecule has 40 heavy (non-hydrogen) atoms. The first-order chi connectivity index (χ1) is 19.0. The molecule has 214 valence electrons. The fourth-order valence-electron chi connectivity index (χ4n) is 8.54. The Bertz CT molecular complexity index is 1280. The Hall–Kier alpha value is -3.17. The van der Waals surface area contributed by atoms with Gasteiger partial charge in [-0.2, -0.15) is 0 Å². The molecular weight excluding hydrogens is 512 g/mol. The monoisotopic (exact) mass is 550 g/mol. The van der Waals surface area contributed by atoms with E-state index in [1.165, 1.54) is 23.8 Å². The van der Waals surface area contributed by atoms with Crippen LogP contribution in [0, 0.1) is 35.5 Å². The number of nitrogens with two attached hydrogens (primary N) is 1. The van der Waals surface area contributed by atoms with E-state index in [0.717, 1.165) is 19.3 Å². The van der Waals surface area contributed by atoms with E-state index in [1.54, 1.807) is 26.2 Å². The lowest BCUT2D eigenvalue weighted by molar-refractivity contribution is -0.189. The number of hydrogen-bond acceptors (Lipinski definition) is 8. The first kappa shape index (κ1) is 28.4. The number of allylic oxidation sites excluding steroid dienone is 1. The number of aromatic hydroxyl groups is 1. The van der Waals surface area contributed by atoms with Crippen LogP contribution in [-0.4, -0.2) is 69.9 Å². The predicted octanol–water partition coefficient (Wildman–Crippen LogP) is 2.18. The number of amides is 1. The van der Waals surface area contributed by atoms with Crippen LogP contribution in [0.25, 0.3) is 0 Å². The summed E-state index contributed by atoms with van der Waals surface area (Å²) < 4.78 is 0. The van der Waals surface area contributed by atoms with E-state index in [0.29, 0.717) is 17.9 Å². The molecule has 5 rings (SSSR count). The maximum absolute atomic E-state index is 14.4. The van der Waals surface area contributed by atoms with E-state index in [4.69, 9.17) is 5.73 Å². The van der Waals surface area contributed by atoms with Crippen LogP contribution in [0.5, 0.6) is 5.75 Å². The molecule has 1 amide bonds. The number of aliphatic hydroxyl groups is 1. The lowest BCUT2D eigenvalue weighted by Crippen LogP contribution is -2.76. The van der Waals surface area contributed by atoms with Gasteiger partial charge >= 0.3 is 0 Å². The average Bonchev–Trinajstić information content (AvgIpc) is 3.41. The van der Waals surface area contributed by atoms with Crippen molar-refractivity contribution >= 4 is 29.0 Å². The Kier molecular flexibility index (Phi) is 7.33. The zero-order valence-corrected chi connectivity index (χ0v) is 23.0. The van der Waals surface area contributed by atoms with E-state index in [1.807, 2.05) is 6.07 Å². The van der Waals surface area contributed by atoms with Gasteiger partial charge in [0.1, 0.15) is 5.75 Å². The third-order valence-electron chi connectivity index (χ3n) is 10.1. The summed E-state index contributed by atoms with van der Waals surface area (Å²) >= 11 is 0.